The van der Waals surface area contributed by atoms with Crippen LogP contribution in [0.2, 0.25) is 0 Å². The number of ether oxygens (including phenoxy) is 4. The van der Waals surface area contributed by atoms with Crippen molar-refractivity contribution in [3.63, 3.8) is 0 Å². The van der Waals surface area contributed by atoms with Crippen molar-refractivity contribution >= 4 is 34.7 Å². The number of para-hydroxylation sites is 2. The van der Waals surface area contributed by atoms with Crippen molar-refractivity contribution in [1.82, 2.24) is 9.47 Å². The van der Waals surface area contributed by atoms with E-state index in [1.807, 2.05) is 13.8 Å². The second-order valence-corrected chi connectivity index (χ2v) is 10.8. The highest BCUT2D eigenvalue weighted by Gasteiger charge is 2.39. The van der Waals surface area contributed by atoms with E-state index in [-0.39, 0.29) is 22.9 Å². The lowest BCUT2D eigenvalue weighted by atomic mass is 9.82. The van der Waals surface area contributed by atoms with E-state index in [9.17, 15) is 14.9 Å². The van der Waals surface area contributed by atoms with Crippen LogP contribution in [0.4, 0.5) is 0 Å². The van der Waals surface area contributed by atoms with E-state index < -0.39 is 11.5 Å². The number of nitrogens with two attached hydrogens (primary N) is 1. The Balaban J connectivity index is 2.17. The molecular formula is C32H36N4O6S. The predicted molar refractivity (Wildman–Crippen MR) is 167 cm³/mol. The molecule has 4 rings (SSSR count). The van der Waals surface area contributed by atoms with Crippen molar-refractivity contribution < 1.29 is 23.7 Å². The molecule has 1 unspecified atom stereocenters. The van der Waals surface area contributed by atoms with Crippen LogP contribution in [0.1, 0.15) is 43.7 Å². The SMILES string of the molecule is CCCN(CCC)C(=O)C1=c2s/c(=C/c3cccc(OC)c3OC)c(=O)n2C(N)=C(C#N)C1c1cccc(OC)c1OC. The Labute approximate surface area is 254 Å². The number of hydrogen-bond acceptors (Lipinski definition) is 9. The number of methoxy groups -OCH3 is 4. The summed E-state index contributed by atoms with van der Waals surface area (Å²) in [4.78, 5) is 30.2. The first kappa shape index (κ1) is 31.3. The molecule has 226 valence electrons. The number of aromatic nitrogens is 1. The molecule has 1 aliphatic rings. The van der Waals surface area contributed by atoms with E-state index in [2.05, 4.69) is 6.07 Å². The van der Waals surface area contributed by atoms with Gasteiger partial charge in [-0.1, -0.05) is 38.1 Å². The molecule has 2 N–H and O–H groups in total. The van der Waals surface area contributed by atoms with Gasteiger partial charge in [-0.15, -0.1) is 11.3 Å². The molecule has 10 nitrogen and oxygen atoms in total. The molecule has 0 saturated heterocycles. The van der Waals surface area contributed by atoms with Crippen molar-refractivity contribution in [3.05, 3.63) is 72.6 Å². The molecule has 1 aliphatic heterocycles. The van der Waals surface area contributed by atoms with Crippen LogP contribution in [0, 0.1) is 11.3 Å². The summed E-state index contributed by atoms with van der Waals surface area (Å²) >= 11 is 1.14. The van der Waals surface area contributed by atoms with Gasteiger partial charge in [0.2, 0.25) is 0 Å². The lowest BCUT2D eigenvalue weighted by Gasteiger charge is -2.30. The lowest BCUT2D eigenvalue weighted by Crippen LogP contribution is -2.43. The standard InChI is InChI=1S/C32H36N4O6S/c1-7-15-35(16-8-2)31(38)26-25(20-12-10-14-23(40-4)28(20)42-6)21(18-33)29(34)36-30(37)24(43-32(26)36)17-19-11-9-13-22(39-3)27(19)41-5/h9-14,17,25H,7-8,15-16,34H2,1-6H3/b24-17+. The first-order valence-electron chi connectivity index (χ1n) is 13.9. The van der Waals surface area contributed by atoms with Crippen molar-refractivity contribution in [2.75, 3.05) is 41.5 Å². The maximum absolute atomic E-state index is 14.5. The zero-order chi connectivity index (χ0) is 31.3. The van der Waals surface area contributed by atoms with Gasteiger partial charge in [-0.25, -0.2) is 0 Å². The molecule has 1 aromatic heterocycles. The molecule has 0 fully saturated rings. The summed E-state index contributed by atoms with van der Waals surface area (Å²) in [5.74, 6) is 0.549. The smallest absolute Gasteiger partial charge is 0.274 e. The van der Waals surface area contributed by atoms with E-state index in [4.69, 9.17) is 24.7 Å². The average Bonchev–Trinajstić information content (AvgIpc) is 3.34. The third-order valence-corrected chi connectivity index (χ3v) is 8.35. The number of hydrogen-bond donors (Lipinski definition) is 1. The fourth-order valence-electron chi connectivity index (χ4n) is 5.40. The first-order chi connectivity index (χ1) is 20.8. The van der Waals surface area contributed by atoms with Crippen LogP contribution >= 0.6 is 11.3 Å². The van der Waals surface area contributed by atoms with Gasteiger partial charge in [-0.2, -0.15) is 5.26 Å². The Bertz CT molecular complexity index is 1780. The van der Waals surface area contributed by atoms with E-state index in [1.54, 1.807) is 47.4 Å². The van der Waals surface area contributed by atoms with Gasteiger partial charge in [0.15, 0.2) is 23.0 Å². The van der Waals surface area contributed by atoms with Crippen molar-refractivity contribution in [1.29, 1.82) is 5.26 Å². The van der Waals surface area contributed by atoms with Gasteiger partial charge in [0.05, 0.1) is 56.1 Å². The average molecular weight is 605 g/mol. The van der Waals surface area contributed by atoms with Gasteiger partial charge in [0, 0.05) is 24.2 Å². The molecule has 43 heavy (non-hydrogen) atoms. The second-order valence-electron chi connectivity index (χ2n) is 9.77. The number of benzene rings is 2. The van der Waals surface area contributed by atoms with Crippen molar-refractivity contribution in [3.8, 4) is 29.1 Å². The number of nitrogens with zero attached hydrogens (tertiary/aromatic N) is 3. The van der Waals surface area contributed by atoms with Crippen molar-refractivity contribution in [2.24, 2.45) is 5.73 Å². The van der Waals surface area contributed by atoms with Crippen LogP contribution in [0.5, 0.6) is 23.0 Å². The largest absolute Gasteiger partial charge is 0.493 e. The van der Waals surface area contributed by atoms with Gasteiger partial charge in [-0.3, -0.25) is 14.2 Å². The number of fused-ring (bicyclic) bond motifs is 1. The van der Waals surface area contributed by atoms with Crippen LogP contribution in [0.3, 0.4) is 0 Å². The van der Waals surface area contributed by atoms with E-state index in [0.717, 1.165) is 24.2 Å². The summed E-state index contributed by atoms with van der Waals surface area (Å²) in [6.45, 7) is 5.01. The minimum absolute atomic E-state index is 0.0417. The summed E-state index contributed by atoms with van der Waals surface area (Å²) in [7, 11) is 6.08. The normalized spacial score (nSPS) is 14.7. The highest BCUT2D eigenvalue weighted by atomic mass is 32.1. The number of allylic oxidation sites excluding steroid dienone is 1. The number of thiazole rings is 1. The van der Waals surface area contributed by atoms with Gasteiger partial charge < -0.3 is 29.6 Å². The lowest BCUT2D eigenvalue weighted by molar-refractivity contribution is -0.125. The Hall–Kier alpha value is -4.69. The number of rotatable bonds is 11. The van der Waals surface area contributed by atoms with Crippen LogP contribution in [-0.4, -0.2) is 56.9 Å². The summed E-state index contributed by atoms with van der Waals surface area (Å²) < 4.78 is 24.2. The van der Waals surface area contributed by atoms with E-state index >= 15 is 0 Å². The molecule has 2 heterocycles. The zero-order valence-corrected chi connectivity index (χ0v) is 26.0. The molecule has 0 spiro atoms. The van der Waals surface area contributed by atoms with Crippen molar-refractivity contribution in [2.45, 2.75) is 32.6 Å². The summed E-state index contributed by atoms with van der Waals surface area (Å²) in [5, 5.41) is 10.5. The maximum atomic E-state index is 14.5. The Morgan fingerprint density at radius 2 is 1.60 bits per heavy atom. The third-order valence-electron chi connectivity index (χ3n) is 7.24. The predicted octanol–water partition coefficient (Wildman–Crippen LogP) is 3.02. The van der Waals surface area contributed by atoms with Crippen LogP contribution in [-0.2, 0) is 4.79 Å². The molecular weight excluding hydrogens is 568 g/mol. The Kier molecular flexibility index (Phi) is 9.83. The van der Waals surface area contributed by atoms with Gasteiger partial charge >= 0.3 is 0 Å². The number of carbonyl (C=O) groups is 1. The van der Waals surface area contributed by atoms with Gasteiger partial charge in [0.1, 0.15) is 10.5 Å². The van der Waals surface area contributed by atoms with Crippen LogP contribution in [0.25, 0.3) is 17.5 Å². The topological polar surface area (TPSA) is 129 Å². The number of nitriles is 1. The molecule has 3 aromatic rings. The van der Waals surface area contributed by atoms with Crippen LogP contribution < -0.4 is 39.4 Å². The molecule has 0 bridgehead atoms. The molecule has 0 aliphatic carbocycles. The summed E-state index contributed by atoms with van der Waals surface area (Å²) in [6, 6.07) is 12.8. The van der Waals surface area contributed by atoms with E-state index in [0.29, 0.717) is 56.4 Å². The molecule has 2 aromatic carbocycles. The molecule has 0 radical (unpaired) electrons. The highest BCUT2D eigenvalue weighted by molar-refractivity contribution is 7.07. The van der Waals surface area contributed by atoms with E-state index in [1.165, 1.54) is 33.0 Å². The molecule has 1 atom stereocenters. The quantitative estimate of drug-likeness (QED) is 0.354. The zero-order valence-electron chi connectivity index (χ0n) is 25.2. The second kappa shape index (κ2) is 13.5. The fraction of sp³-hybridized carbons (Fsp3) is 0.344. The van der Waals surface area contributed by atoms with Gasteiger partial charge in [-0.05, 0) is 31.1 Å². The maximum Gasteiger partial charge on any atom is 0.274 e. The minimum Gasteiger partial charge on any atom is -0.493 e. The first-order valence-corrected chi connectivity index (χ1v) is 14.7. The fourth-order valence-corrected chi connectivity index (χ4v) is 6.56. The summed E-state index contributed by atoms with van der Waals surface area (Å²) in [5.41, 5.74) is 7.65. The molecule has 11 heteroatoms. The van der Waals surface area contributed by atoms with Crippen LogP contribution in [0.15, 0.2) is 46.8 Å². The monoisotopic (exact) mass is 604 g/mol. The Morgan fingerprint density at radius 3 is 2.16 bits per heavy atom. The third kappa shape index (κ3) is 5.58. The Morgan fingerprint density at radius 1 is 1.00 bits per heavy atom. The molecule has 1 amide bonds. The van der Waals surface area contributed by atoms with Gasteiger partial charge in [0.25, 0.3) is 11.5 Å². The summed E-state index contributed by atoms with van der Waals surface area (Å²) in [6.07, 6.45) is 3.15. The minimum atomic E-state index is -0.906. The highest BCUT2D eigenvalue weighted by Crippen LogP contribution is 2.44. The number of amides is 1. The number of carbonyl (C=O) groups excluding carboxylic acids is 1. The molecule has 0 saturated carbocycles.